The van der Waals surface area contributed by atoms with Crippen LogP contribution < -0.4 is 0 Å². The molecule has 0 N–H and O–H groups in total. The summed E-state index contributed by atoms with van der Waals surface area (Å²) < 4.78 is 36.3. The van der Waals surface area contributed by atoms with Gasteiger partial charge in [-0.15, -0.1) is 0 Å². The standard InChI is InChI=1S/C7Cl3F3N2S/c8-3-2(1-14)4(9)6(15-5(3)10)16-7(11,12)13. The lowest BCUT2D eigenvalue weighted by Gasteiger charge is -2.09. The Kier molecular flexibility index (Phi) is 4.18. The van der Waals surface area contributed by atoms with Crippen molar-refractivity contribution < 1.29 is 13.2 Å². The number of hydrogen-bond donors (Lipinski definition) is 0. The third-order valence-electron chi connectivity index (χ3n) is 1.33. The zero-order valence-corrected chi connectivity index (χ0v) is 10.2. The van der Waals surface area contributed by atoms with E-state index in [0.29, 0.717) is 0 Å². The Morgan fingerprint density at radius 2 is 1.75 bits per heavy atom. The molecule has 0 unspecified atom stereocenters. The van der Waals surface area contributed by atoms with Gasteiger partial charge in [0.1, 0.15) is 16.2 Å². The Morgan fingerprint density at radius 1 is 1.19 bits per heavy atom. The molecule has 86 valence electrons. The van der Waals surface area contributed by atoms with Crippen LogP contribution in [0.15, 0.2) is 5.03 Å². The first-order chi connectivity index (χ1) is 7.26. The van der Waals surface area contributed by atoms with E-state index in [1.54, 1.807) is 6.07 Å². The van der Waals surface area contributed by atoms with Gasteiger partial charge >= 0.3 is 5.51 Å². The Labute approximate surface area is 107 Å². The zero-order valence-electron chi connectivity index (χ0n) is 7.07. The summed E-state index contributed by atoms with van der Waals surface area (Å²) in [6, 6.07) is 1.56. The van der Waals surface area contributed by atoms with Gasteiger partial charge in [-0.05, 0) is 0 Å². The van der Waals surface area contributed by atoms with E-state index in [0.717, 1.165) is 0 Å². The lowest BCUT2D eigenvalue weighted by atomic mass is 10.3. The lowest BCUT2D eigenvalue weighted by molar-refractivity contribution is -0.0329. The van der Waals surface area contributed by atoms with Crippen LogP contribution in [0.3, 0.4) is 0 Å². The quantitative estimate of drug-likeness (QED) is 0.565. The van der Waals surface area contributed by atoms with Crippen molar-refractivity contribution in [2.45, 2.75) is 10.5 Å². The normalized spacial score (nSPS) is 11.3. The maximum absolute atomic E-state index is 12.1. The first-order valence-electron chi connectivity index (χ1n) is 3.46. The Morgan fingerprint density at radius 3 is 2.19 bits per heavy atom. The number of halogens is 6. The van der Waals surface area contributed by atoms with Crippen LogP contribution in [0.2, 0.25) is 15.2 Å². The molecule has 0 bridgehead atoms. The topological polar surface area (TPSA) is 36.7 Å². The second-order valence-corrected chi connectivity index (χ2v) is 4.54. The van der Waals surface area contributed by atoms with Gasteiger partial charge < -0.3 is 0 Å². The maximum Gasteiger partial charge on any atom is 0.447 e. The van der Waals surface area contributed by atoms with Gasteiger partial charge in [-0.25, -0.2) is 4.98 Å². The van der Waals surface area contributed by atoms with E-state index in [-0.39, 0.29) is 10.6 Å². The summed E-state index contributed by atoms with van der Waals surface area (Å²) in [5, 5.41) is 6.94. The Balaban J connectivity index is 3.33. The molecule has 16 heavy (non-hydrogen) atoms. The van der Waals surface area contributed by atoms with Crippen molar-refractivity contribution in [1.29, 1.82) is 5.26 Å². The highest BCUT2D eigenvalue weighted by Crippen LogP contribution is 2.42. The first-order valence-corrected chi connectivity index (χ1v) is 5.41. The third-order valence-corrected chi connectivity index (χ3v) is 3.27. The molecule has 0 aliphatic heterocycles. The van der Waals surface area contributed by atoms with E-state index in [1.807, 2.05) is 0 Å². The monoisotopic (exact) mass is 306 g/mol. The van der Waals surface area contributed by atoms with E-state index in [9.17, 15) is 13.2 Å². The molecule has 0 spiro atoms. The predicted molar refractivity (Wildman–Crippen MR) is 55.9 cm³/mol. The van der Waals surface area contributed by atoms with E-state index >= 15 is 0 Å². The Hall–Kier alpha value is -0.350. The lowest BCUT2D eigenvalue weighted by Crippen LogP contribution is -2.02. The molecule has 1 aromatic rings. The van der Waals surface area contributed by atoms with Crippen molar-refractivity contribution in [3.8, 4) is 6.07 Å². The van der Waals surface area contributed by atoms with Crippen molar-refractivity contribution in [2.75, 3.05) is 0 Å². The van der Waals surface area contributed by atoms with Crippen LogP contribution in [-0.4, -0.2) is 10.5 Å². The molecule has 0 radical (unpaired) electrons. The van der Waals surface area contributed by atoms with E-state index in [1.165, 1.54) is 0 Å². The van der Waals surface area contributed by atoms with Crippen LogP contribution in [-0.2, 0) is 0 Å². The van der Waals surface area contributed by atoms with Crippen LogP contribution in [0, 0.1) is 11.3 Å². The molecule has 9 heteroatoms. The van der Waals surface area contributed by atoms with Crippen LogP contribution in [0.25, 0.3) is 0 Å². The minimum Gasteiger partial charge on any atom is -0.226 e. The van der Waals surface area contributed by atoms with E-state index in [2.05, 4.69) is 4.98 Å². The molecular weight excluding hydrogens is 308 g/mol. The SMILES string of the molecule is N#Cc1c(Cl)c(Cl)nc(SC(F)(F)F)c1Cl. The van der Waals surface area contributed by atoms with Crippen molar-refractivity contribution >= 4 is 46.6 Å². The minimum absolute atomic E-state index is 0.263. The molecule has 0 amide bonds. The number of nitriles is 1. The summed E-state index contributed by atoms with van der Waals surface area (Å²) in [5.41, 5.74) is -4.89. The molecular formula is C7Cl3F3N2S. The van der Waals surface area contributed by atoms with Gasteiger partial charge in [-0.3, -0.25) is 0 Å². The number of rotatable bonds is 1. The van der Waals surface area contributed by atoms with Crippen molar-refractivity contribution in [2.24, 2.45) is 0 Å². The predicted octanol–water partition coefficient (Wildman–Crippen LogP) is 4.53. The number of thioether (sulfide) groups is 1. The molecule has 2 nitrogen and oxygen atoms in total. The molecule has 0 atom stereocenters. The smallest absolute Gasteiger partial charge is 0.226 e. The molecule has 1 aromatic heterocycles. The van der Waals surface area contributed by atoms with Gasteiger partial charge in [-0.1, -0.05) is 34.8 Å². The van der Waals surface area contributed by atoms with Crippen molar-refractivity contribution in [3.63, 3.8) is 0 Å². The molecule has 0 aliphatic rings. The van der Waals surface area contributed by atoms with Gasteiger partial charge in [0.2, 0.25) is 0 Å². The average Bonchev–Trinajstić information content (AvgIpc) is 2.13. The molecule has 0 aliphatic carbocycles. The zero-order chi connectivity index (χ0) is 12.5. The van der Waals surface area contributed by atoms with Crippen molar-refractivity contribution in [3.05, 3.63) is 20.8 Å². The highest BCUT2D eigenvalue weighted by Gasteiger charge is 2.32. The minimum atomic E-state index is -4.57. The maximum atomic E-state index is 12.1. The number of nitrogens with zero attached hydrogens (tertiary/aromatic N) is 2. The molecule has 0 saturated heterocycles. The van der Waals surface area contributed by atoms with Gasteiger partial charge in [0, 0.05) is 11.8 Å². The van der Waals surface area contributed by atoms with Crippen LogP contribution in [0.4, 0.5) is 13.2 Å². The van der Waals surface area contributed by atoms with Gasteiger partial charge in [-0.2, -0.15) is 18.4 Å². The fourth-order valence-electron chi connectivity index (χ4n) is 0.769. The molecule has 1 heterocycles. The molecule has 0 fully saturated rings. The number of hydrogen-bond acceptors (Lipinski definition) is 3. The largest absolute Gasteiger partial charge is 0.447 e. The van der Waals surface area contributed by atoms with Crippen LogP contribution in [0.1, 0.15) is 5.56 Å². The fraction of sp³-hybridized carbons (Fsp3) is 0.143. The van der Waals surface area contributed by atoms with Gasteiger partial charge in [0.15, 0.2) is 0 Å². The third kappa shape index (κ3) is 3.08. The van der Waals surface area contributed by atoms with Gasteiger partial charge in [0.05, 0.1) is 15.6 Å². The highest BCUT2D eigenvalue weighted by atomic mass is 35.5. The van der Waals surface area contributed by atoms with Crippen LogP contribution in [0.5, 0.6) is 0 Å². The van der Waals surface area contributed by atoms with E-state index < -0.39 is 32.5 Å². The second-order valence-electron chi connectivity index (χ2n) is 2.37. The molecule has 1 rings (SSSR count). The molecule has 0 aromatic carbocycles. The number of aromatic nitrogens is 1. The second kappa shape index (κ2) is 4.88. The van der Waals surface area contributed by atoms with Gasteiger partial charge in [0.25, 0.3) is 0 Å². The Bertz CT molecular complexity index is 469. The summed E-state index contributed by atoms with van der Waals surface area (Å²) in [5.74, 6) is 0. The summed E-state index contributed by atoms with van der Waals surface area (Å²) >= 11 is 16.0. The average molecular weight is 308 g/mol. The summed E-state index contributed by atoms with van der Waals surface area (Å²) in [6.07, 6.45) is 0. The number of pyridine rings is 1. The summed E-state index contributed by atoms with van der Waals surface area (Å²) in [4.78, 5) is 3.36. The van der Waals surface area contributed by atoms with E-state index in [4.69, 9.17) is 40.1 Å². The number of alkyl halides is 3. The fourth-order valence-corrected chi connectivity index (χ4v) is 2.07. The highest BCUT2D eigenvalue weighted by molar-refractivity contribution is 8.00. The molecule has 0 saturated carbocycles. The summed E-state index contributed by atoms with van der Waals surface area (Å²) in [6.45, 7) is 0. The van der Waals surface area contributed by atoms with Crippen molar-refractivity contribution in [1.82, 2.24) is 4.98 Å². The summed E-state index contributed by atoms with van der Waals surface area (Å²) in [7, 11) is 0. The first kappa shape index (κ1) is 13.7. The van der Waals surface area contributed by atoms with Crippen LogP contribution >= 0.6 is 46.6 Å².